The molecule has 1 unspecified atom stereocenters. The maximum Gasteiger partial charge on any atom is 0.269 e. The van der Waals surface area contributed by atoms with Crippen molar-refractivity contribution in [3.63, 3.8) is 0 Å². The van der Waals surface area contributed by atoms with E-state index in [0.717, 1.165) is 11.8 Å². The van der Waals surface area contributed by atoms with Crippen molar-refractivity contribution < 1.29 is 9.72 Å². The van der Waals surface area contributed by atoms with Gasteiger partial charge in [-0.1, -0.05) is 30.0 Å². The van der Waals surface area contributed by atoms with E-state index in [9.17, 15) is 25.4 Å². The second-order valence-corrected chi connectivity index (χ2v) is 7.90. The van der Waals surface area contributed by atoms with Crippen LogP contribution in [0.5, 0.6) is 0 Å². The van der Waals surface area contributed by atoms with Crippen molar-refractivity contribution in [2.24, 2.45) is 0 Å². The highest BCUT2D eigenvalue weighted by atomic mass is 32.2. The van der Waals surface area contributed by atoms with E-state index in [0.29, 0.717) is 11.3 Å². The maximum atomic E-state index is 12.6. The number of rotatable bonds is 6. The standard InChI is InChI=1S/C22H16N6O3S/c1-13(21(29)26-15-5-3-2-4-6-15)32-22-18(12-24)19(17(11-23)20(25)27-22)14-7-9-16(10-8-14)28(30)31/h2-10,13H,1H3,(H2,25,27)(H,26,29). The lowest BCUT2D eigenvalue weighted by Gasteiger charge is -2.16. The second-order valence-electron chi connectivity index (χ2n) is 6.57. The smallest absolute Gasteiger partial charge is 0.269 e. The number of nitriles is 2. The molecule has 1 aromatic heterocycles. The number of hydrogen-bond donors (Lipinski definition) is 2. The van der Waals surface area contributed by atoms with Crippen LogP contribution in [0, 0.1) is 32.8 Å². The predicted octanol–water partition coefficient (Wildman–Crippen LogP) is 4.10. The number of nitro groups is 1. The van der Waals surface area contributed by atoms with Crippen molar-refractivity contribution in [2.45, 2.75) is 17.2 Å². The highest BCUT2D eigenvalue weighted by Crippen LogP contribution is 2.37. The number of aromatic nitrogens is 1. The van der Waals surface area contributed by atoms with Gasteiger partial charge in [-0.2, -0.15) is 10.5 Å². The van der Waals surface area contributed by atoms with E-state index in [1.807, 2.05) is 18.2 Å². The summed E-state index contributed by atoms with van der Waals surface area (Å²) in [5.74, 6) is -0.398. The number of nitrogen functional groups attached to an aromatic ring is 1. The third kappa shape index (κ3) is 4.67. The summed E-state index contributed by atoms with van der Waals surface area (Å²) in [6.07, 6.45) is 0. The quantitative estimate of drug-likeness (QED) is 0.326. The fraction of sp³-hybridized carbons (Fsp3) is 0.0909. The molecule has 1 amide bonds. The third-order valence-electron chi connectivity index (χ3n) is 4.48. The highest BCUT2D eigenvalue weighted by molar-refractivity contribution is 8.00. The molecule has 32 heavy (non-hydrogen) atoms. The van der Waals surface area contributed by atoms with Gasteiger partial charge in [-0.15, -0.1) is 0 Å². The van der Waals surface area contributed by atoms with Crippen molar-refractivity contribution in [3.8, 4) is 23.3 Å². The van der Waals surface area contributed by atoms with Crippen LogP contribution in [-0.2, 0) is 4.79 Å². The van der Waals surface area contributed by atoms with Gasteiger partial charge in [-0.05, 0) is 36.8 Å². The summed E-state index contributed by atoms with van der Waals surface area (Å²) in [6, 6.07) is 18.3. The summed E-state index contributed by atoms with van der Waals surface area (Å²) < 4.78 is 0. The van der Waals surface area contributed by atoms with Gasteiger partial charge in [-0.25, -0.2) is 4.98 Å². The molecule has 1 heterocycles. The normalized spacial score (nSPS) is 11.1. The van der Waals surface area contributed by atoms with Crippen LogP contribution in [0.2, 0.25) is 0 Å². The number of hydrogen-bond acceptors (Lipinski definition) is 8. The van der Waals surface area contributed by atoms with Crippen molar-refractivity contribution in [1.82, 2.24) is 4.98 Å². The van der Waals surface area contributed by atoms with Gasteiger partial charge in [0.15, 0.2) is 0 Å². The number of non-ortho nitro benzene ring substituents is 1. The summed E-state index contributed by atoms with van der Waals surface area (Å²) >= 11 is 1.03. The molecule has 0 saturated heterocycles. The number of pyridine rings is 1. The van der Waals surface area contributed by atoms with Crippen LogP contribution in [-0.4, -0.2) is 21.1 Å². The zero-order chi connectivity index (χ0) is 23.3. The lowest BCUT2D eigenvalue weighted by Crippen LogP contribution is -2.22. The van der Waals surface area contributed by atoms with Gasteiger partial charge in [0, 0.05) is 23.4 Å². The topological polar surface area (TPSA) is 159 Å². The lowest BCUT2D eigenvalue weighted by molar-refractivity contribution is -0.384. The summed E-state index contributed by atoms with van der Waals surface area (Å²) in [6.45, 7) is 1.66. The zero-order valence-electron chi connectivity index (χ0n) is 16.8. The number of nitro benzene ring substituents is 1. The summed E-state index contributed by atoms with van der Waals surface area (Å²) in [5, 5.41) is 32.7. The summed E-state index contributed by atoms with van der Waals surface area (Å²) in [5.41, 5.74) is 7.15. The number of benzene rings is 2. The first-order chi connectivity index (χ1) is 15.3. The number of anilines is 2. The molecule has 10 heteroatoms. The molecule has 9 nitrogen and oxygen atoms in total. The van der Waals surface area contributed by atoms with Crippen LogP contribution in [0.4, 0.5) is 17.2 Å². The van der Waals surface area contributed by atoms with E-state index in [4.69, 9.17) is 5.73 Å². The lowest BCUT2D eigenvalue weighted by atomic mass is 9.96. The summed E-state index contributed by atoms with van der Waals surface area (Å²) in [4.78, 5) is 27.2. The number of nitrogens with one attached hydrogen (secondary N) is 1. The summed E-state index contributed by atoms with van der Waals surface area (Å²) in [7, 11) is 0. The van der Waals surface area contributed by atoms with Crippen LogP contribution >= 0.6 is 11.8 Å². The molecule has 0 spiro atoms. The van der Waals surface area contributed by atoms with Gasteiger partial charge in [0.1, 0.15) is 28.5 Å². The number of amides is 1. The number of para-hydroxylation sites is 1. The van der Waals surface area contributed by atoms with E-state index >= 15 is 0 Å². The Hall–Kier alpha value is -4.41. The Morgan fingerprint density at radius 1 is 1.12 bits per heavy atom. The second kappa shape index (κ2) is 9.60. The number of carbonyl (C=O) groups is 1. The Bertz CT molecular complexity index is 1260. The highest BCUT2D eigenvalue weighted by Gasteiger charge is 2.24. The first-order valence-corrected chi connectivity index (χ1v) is 10.1. The minimum atomic E-state index is -0.633. The van der Waals surface area contributed by atoms with E-state index in [1.165, 1.54) is 24.3 Å². The predicted molar refractivity (Wildman–Crippen MR) is 121 cm³/mol. The van der Waals surface area contributed by atoms with Crippen LogP contribution in [0.25, 0.3) is 11.1 Å². The molecule has 0 bridgehead atoms. The molecule has 1 atom stereocenters. The molecule has 0 aliphatic heterocycles. The largest absolute Gasteiger partial charge is 0.383 e. The molecule has 3 rings (SSSR count). The molecule has 0 aliphatic rings. The van der Waals surface area contributed by atoms with Gasteiger partial charge in [0.05, 0.1) is 15.7 Å². The molecule has 0 aliphatic carbocycles. The third-order valence-corrected chi connectivity index (χ3v) is 5.57. The Labute approximate surface area is 187 Å². The molecule has 158 valence electrons. The van der Waals surface area contributed by atoms with Crippen LogP contribution < -0.4 is 11.1 Å². The average Bonchev–Trinajstić information content (AvgIpc) is 2.79. The molecular formula is C22H16N6O3S. The SMILES string of the molecule is CC(Sc1nc(N)c(C#N)c(-c2ccc([N+](=O)[O-])cc2)c1C#N)C(=O)Nc1ccccc1. The van der Waals surface area contributed by atoms with Crippen molar-refractivity contribution in [1.29, 1.82) is 10.5 Å². The molecule has 0 radical (unpaired) electrons. The van der Waals surface area contributed by atoms with Crippen molar-refractivity contribution in [3.05, 3.63) is 75.8 Å². The van der Waals surface area contributed by atoms with Crippen LogP contribution in [0.15, 0.2) is 59.6 Å². The molecule has 3 N–H and O–H groups in total. The molecule has 2 aromatic carbocycles. The Kier molecular flexibility index (Phi) is 6.68. The van der Waals surface area contributed by atoms with E-state index < -0.39 is 10.2 Å². The molecule has 0 saturated carbocycles. The number of carbonyl (C=O) groups excluding carboxylic acids is 1. The van der Waals surface area contributed by atoms with E-state index in [1.54, 1.807) is 31.2 Å². The Balaban J connectivity index is 2.00. The zero-order valence-corrected chi connectivity index (χ0v) is 17.6. The Morgan fingerprint density at radius 2 is 1.75 bits per heavy atom. The van der Waals surface area contributed by atoms with Crippen LogP contribution in [0.3, 0.4) is 0 Å². The van der Waals surface area contributed by atoms with Gasteiger partial charge in [-0.3, -0.25) is 14.9 Å². The number of thioether (sulfide) groups is 1. The fourth-order valence-electron chi connectivity index (χ4n) is 2.91. The van der Waals surface area contributed by atoms with Gasteiger partial charge < -0.3 is 11.1 Å². The fourth-order valence-corrected chi connectivity index (χ4v) is 3.83. The molecular weight excluding hydrogens is 428 g/mol. The van der Waals surface area contributed by atoms with Gasteiger partial charge >= 0.3 is 0 Å². The van der Waals surface area contributed by atoms with Gasteiger partial charge in [0.2, 0.25) is 5.91 Å². The number of nitrogens with zero attached hydrogens (tertiary/aromatic N) is 4. The monoisotopic (exact) mass is 444 g/mol. The average molecular weight is 444 g/mol. The van der Waals surface area contributed by atoms with Gasteiger partial charge in [0.25, 0.3) is 5.69 Å². The Morgan fingerprint density at radius 3 is 2.31 bits per heavy atom. The minimum Gasteiger partial charge on any atom is -0.383 e. The van der Waals surface area contributed by atoms with E-state index in [-0.39, 0.29) is 39.1 Å². The van der Waals surface area contributed by atoms with E-state index in [2.05, 4.69) is 10.3 Å². The minimum absolute atomic E-state index is 0.0128. The van der Waals surface area contributed by atoms with Crippen LogP contribution in [0.1, 0.15) is 18.1 Å². The molecule has 0 fully saturated rings. The molecule has 3 aromatic rings. The first-order valence-electron chi connectivity index (χ1n) is 9.26. The maximum absolute atomic E-state index is 12.6. The number of nitrogens with two attached hydrogens (primary N) is 1. The first kappa shape index (κ1) is 22.3. The van der Waals surface area contributed by atoms with Crippen molar-refractivity contribution >= 4 is 34.9 Å². The van der Waals surface area contributed by atoms with Crippen molar-refractivity contribution in [2.75, 3.05) is 11.1 Å².